The van der Waals surface area contributed by atoms with E-state index in [0.717, 1.165) is 25.4 Å². The van der Waals surface area contributed by atoms with Crippen molar-refractivity contribution in [3.8, 4) is 0 Å². The maximum Gasteiger partial charge on any atom is 0.0698 e. The maximum absolute atomic E-state index is 8.57. The van der Waals surface area contributed by atoms with Crippen LogP contribution in [0.5, 0.6) is 0 Å². The van der Waals surface area contributed by atoms with Crippen LogP contribution in [-0.2, 0) is 4.74 Å². The number of nitrogens with zero attached hydrogens (tertiary/aromatic N) is 1. The van der Waals surface area contributed by atoms with E-state index >= 15 is 0 Å². The Kier molecular flexibility index (Phi) is 15.5. The highest BCUT2D eigenvalue weighted by Crippen LogP contribution is 2.07. The number of ether oxygens (including phenoxy) is 1. The summed E-state index contributed by atoms with van der Waals surface area (Å²) in [6, 6.07) is 0. The highest BCUT2D eigenvalue weighted by atomic mass is 32.1. The van der Waals surface area contributed by atoms with Gasteiger partial charge < -0.3 is 14.7 Å². The van der Waals surface area contributed by atoms with Gasteiger partial charge in [0.05, 0.1) is 19.8 Å². The summed E-state index contributed by atoms with van der Waals surface area (Å²) in [5, 5.41) is 8.57. The molecule has 0 atom stereocenters. The first-order chi connectivity index (χ1) is 8.81. The van der Waals surface area contributed by atoms with Crippen LogP contribution < -0.4 is 0 Å². The molecule has 0 aromatic carbocycles. The number of thiol groups is 1. The Labute approximate surface area is 118 Å². The van der Waals surface area contributed by atoms with Gasteiger partial charge in [-0.15, -0.1) is 0 Å². The normalized spacial score (nSPS) is 11.3. The molecule has 0 amide bonds. The fraction of sp³-hybridized carbons (Fsp3) is 1.00. The summed E-state index contributed by atoms with van der Waals surface area (Å²) < 4.78 is 5.24. The maximum atomic E-state index is 8.57. The molecule has 0 unspecified atom stereocenters. The Morgan fingerprint density at radius 1 is 0.889 bits per heavy atom. The van der Waals surface area contributed by atoms with Crippen molar-refractivity contribution in [2.75, 3.05) is 45.7 Å². The average molecular weight is 277 g/mol. The molecule has 0 rings (SSSR count). The minimum absolute atomic E-state index is 0.122. The smallest absolute Gasteiger partial charge is 0.0698 e. The van der Waals surface area contributed by atoms with Crippen molar-refractivity contribution >= 4 is 12.6 Å². The average Bonchev–Trinajstić information content (AvgIpc) is 2.38. The predicted molar refractivity (Wildman–Crippen MR) is 81.6 cm³/mol. The summed E-state index contributed by atoms with van der Waals surface area (Å²) in [4.78, 5) is 2.30. The van der Waals surface area contributed by atoms with Gasteiger partial charge in [-0.1, -0.05) is 32.1 Å². The lowest BCUT2D eigenvalue weighted by molar-refractivity contribution is 0.0781. The summed E-state index contributed by atoms with van der Waals surface area (Å²) in [6.45, 7) is 3.42. The van der Waals surface area contributed by atoms with E-state index in [1.165, 1.54) is 44.9 Å². The Morgan fingerprint density at radius 3 is 2.11 bits per heavy atom. The van der Waals surface area contributed by atoms with E-state index in [0.29, 0.717) is 6.61 Å². The summed E-state index contributed by atoms with van der Waals surface area (Å²) in [7, 11) is 2.13. The molecule has 0 fully saturated rings. The molecule has 0 radical (unpaired) electrons. The SMILES string of the molecule is CN(CCCCCCCCCS)CCOCCO. The molecule has 110 valence electrons. The molecule has 3 nitrogen and oxygen atoms in total. The first-order valence-corrected chi connectivity index (χ1v) is 7.92. The van der Waals surface area contributed by atoms with Gasteiger partial charge in [0, 0.05) is 6.54 Å². The Hall–Kier alpha value is 0.230. The van der Waals surface area contributed by atoms with E-state index in [1.54, 1.807) is 0 Å². The van der Waals surface area contributed by atoms with Crippen LogP contribution in [0.4, 0.5) is 0 Å². The molecule has 0 aliphatic carbocycles. The zero-order valence-electron chi connectivity index (χ0n) is 11.9. The van der Waals surface area contributed by atoms with E-state index in [4.69, 9.17) is 9.84 Å². The van der Waals surface area contributed by atoms with Gasteiger partial charge in [0.25, 0.3) is 0 Å². The van der Waals surface area contributed by atoms with Crippen LogP contribution in [-0.4, -0.2) is 55.7 Å². The molecule has 0 saturated carbocycles. The fourth-order valence-corrected chi connectivity index (χ4v) is 2.10. The monoisotopic (exact) mass is 277 g/mol. The summed E-state index contributed by atoms with van der Waals surface area (Å²) in [5.41, 5.74) is 0. The summed E-state index contributed by atoms with van der Waals surface area (Å²) >= 11 is 4.21. The lowest BCUT2D eigenvalue weighted by atomic mass is 10.1. The molecule has 0 aromatic rings. The number of hydrogen-bond donors (Lipinski definition) is 2. The highest BCUT2D eigenvalue weighted by Gasteiger charge is 1.98. The van der Waals surface area contributed by atoms with E-state index < -0.39 is 0 Å². The van der Waals surface area contributed by atoms with Gasteiger partial charge in [0.1, 0.15) is 0 Å². The first-order valence-electron chi connectivity index (χ1n) is 7.29. The highest BCUT2D eigenvalue weighted by molar-refractivity contribution is 7.80. The zero-order chi connectivity index (χ0) is 13.5. The quantitative estimate of drug-likeness (QED) is 0.378. The molecular formula is C14H31NO2S. The summed E-state index contributed by atoms with van der Waals surface area (Å²) in [5.74, 6) is 1.03. The number of unbranched alkanes of at least 4 members (excludes halogenated alkanes) is 6. The second-order valence-electron chi connectivity index (χ2n) is 4.84. The van der Waals surface area contributed by atoms with Crippen molar-refractivity contribution in [2.24, 2.45) is 0 Å². The molecule has 0 spiro atoms. The molecule has 18 heavy (non-hydrogen) atoms. The van der Waals surface area contributed by atoms with Crippen molar-refractivity contribution < 1.29 is 9.84 Å². The van der Waals surface area contributed by atoms with Crippen molar-refractivity contribution in [3.63, 3.8) is 0 Å². The van der Waals surface area contributed by atoms with E-state index in [9.17, 15) is 0 Å². The number of aliphatic hydroxyl groups is 1. The van der Waals surface area contributed by atoms with Crippen LogP contribution in [0.2, 0.25) is 0 Å². The molecular weight excluding hydrogens is 246 g/mol. The third kappa shape index (κ3) is 14.3. The number of hydrogen-bond acceptors (Lipinski definition) is 4. The van der Waals surface area contributed by atoms with Gasteiger partial charge in [-0.05, 0) is 32.2 Å². The molecule has 0 aromatic heterocycles. The number of rotatable bonds is 14. The largest absolute Gasteiger partial charge is 0.394 e. The molecule has 0 bridgehead atoms. The minimum Gasteiger partial charge on any atom is -0.394 e. The molecule has 0 saturated heterocycles. The van der Waals surface area contributed by atoms with E-state index in [2.05, 4.69) is 24.6 Å². The van der Waals surface area contributed by atoms with Gasteiger partial charge in [0.15, 0.2) is 0 Å². The van der Waals surface area contributed by atoms with Gasteiger partial charge in [-0.2, -0.15) is 12.6 Å². The lowest BCUT2D eigenvalue weighted by Gasteiger charge is -2.16. The van der Waals surface area contributed by atoms with Crippen LogP contribution >= 0.6 is 12.6 Å². The van der Waals surface area contributed by atoms with Crippen molar-refractivity contribution in [1.29, 1.82) is 0 Å². The molecule has 4 heteroatoms. The number of likely N-dealkylation sites (N-methyl/N-ethyl adjacent to an activating group) is 1. The molecule has 0 aliphatic heterocycles. The molecule has 0 heterocycles. The van der Waals surface area contributed by atoms with Gasteiger partial charge in [-0.25, -0.2) is 0 Å². The third-order valence-corrected chi connectivity index (χ3v) is 3.37. The van der Waals surface area contributed by atoms with E-state index in [-0.39, 0.29) is 6.61 Å². The van der Waals surface area contributed by atoms with Gasteiger partial charge >= 0.3 is 0 Å². The van der Waals surface area contributed by atoms with Gasteiger partial charge in [-0.3, -0.25) is 0 Å². The second kappa shape index (κ2) is 15.3. The fourth-order valence-electron chi connectivity index (χ4n) is 1.88. The summed E-state index contributed by atoms with van der Waals surface area (Å²) in [6.07, 6.45) is 9.32. The van der Waals surface area contributed by atoms with Crippen LogP contribution in [0.15, 0.2) is 0 Å². The minimum atomic E-state index is 0.122. The van der Waals surface area contributed by atoms with Crippen LogP contribution in [0.3, 0.4) is 0 Å². The van der Waals surface area contributed by atoms with E-state index in [1.807, 2.05) is 0 Å². The Bertz CT molecular complexity index is 159. The zero-order valence-corrected chi connectivity index (χ0v) is 12.8. The van der Waals surface area contributed by atoms with Crippen LogP contribution in [0, 0.1) is 0 Å². The second-order valence-corrected chi connectivity index (χ2v) is 5.28. The van der Waals surface area contributed by atoms with Crippen LogP contribution in [0.1, 0.15) is 44.9 Å². The number of aliphatic hydroxyl groups excluding tert-OH is 1. The molecule has 1 N–H and O–H groups in total. The topological polar surface area (TPSA) is 32.7 Å². The van der Waals surface area contributed by atoms with Crippen molar-refractivity contribution in [1.82, 2.24) is 4.90 Å². The first kappa shape index (κ1) is 18.2. The van der Waals surface area contributed by atoms with Gasteiger partial charge in [0.2, 0.25) is 0 Å². The predicted octanol–water partition coefficient (Wildman–Crippen LogP) is 2.59. The standard InChI is InChI=1S/C14H31NO2S/c1-15(10-12-17-13-11-16)9-7-5-3-2-4-6-8-14-18/h16,18H,2-14H2,1H3. The molecule has 0 aliphatic rings. The Balaban J connectivity index is 3.08. The third-order valence-electron chi connectivity index (χ3n) is 3.05. The van der Waals surface area contributed by atoms with Crippen molar-refractivity contribution in [3.05, 3.63) is 0 Å². The Morgan fingerprint density at radius 2 is 1.50 bits per heavy atom. The lowest BCUT2D eigenvalue weighted by Crippen LogP contribution is -2.24. The van der Waals surface area contributed by atoms with Crippen molar-refractivity contribution in [2.45, 2.75) is 44.9 Å². The van der Waals surface area contributed by atoms with Crippen LogP contribution in [0.25, 0.3) is 0 Å².